The van der Waals surface area contributed by atoms with Gasteiger partial charge in [-0.1, -0.05) is 45.9 Å². The molecular formula is C15H23NS. The summed E-state index contributed by atoms with van der Waals surface area (Å²) in [6.07, 6.45) is 0. The molecule has 1 N–H and O–H groups in total. The van der Waals surface area contributed by atoms with Crippen LogP contribution in [0.3, 0.4) is 0 Å². The van der Waals surface area contributed by atoms with Gasteiger partial charge >= 0.3 is 0 Å². The molecule has 0 unspecified atom stereocenters. The molecule has 0 aliphatic heterocycles. The molecule has 1 aromatic carbocycles. The average molecular weight is 249 g/mol. The van der Waals surface area contributed by atoms with Crippen molar-refractivity contribution in [3.8, 4) is 0 Å². The molecule has 2 heteroatoms. The molecule has 1 aliphatic carbocycles. The fourth-order valence-corrected chi connectivity index (χ4v) is 3.40. The van der Waals surface area contributed by atoms with E-state index in [2.05, 4.69) is 63.3 Å². The van der Waals surface area contributed by atoms with E-state index in [0.29, 0.717) is 16.9 Å². The summed E-state index contributed by atoms with van der Waals surface area (Å²) in [6, 6.07) is 11.3. The van der Waals surface area contributed by atoms with Crippen molar-refractivity contribution >= 4 is 11.8 Å². The average Bonchev–Trinajstić information content (AvgIpc) is 2.67. The maximum atomic E-state index is 3.69. The van der Waals surface area contributed by atoms with Gasteiger partial charge in [0, 0.05) is 23.2 Å². The molecular weight excluding hydrogens is 226 g/mol. The fraction of sp³-hybridized carbons (Fsp3) is 0.600. The van der Waals surface area contributed by atoms with Gasteiger partial charge in [0.15, 0.2) is 0 Å². The van der Waals surface area contributed by atoms with Gasteiger partial charge < -0.3 is 5.32 Å². The van der Waals surface area contributed by atoms with Gasteiger partial charge in [-0.05, 0) is 23.0 Å². The lowest BCUT2D eigenvalue weighted by molar-refractivity contribution is 0.457. The highest BCUT2D eigenvalue weighted by Crippen LogP contribution is 2.62. The van der Waals surface area contributed by atoms with Crippen LogP contribution in [0.1, 0.15) is 27.7 Å². The first-order valence-corrected chi connectivity index (χ1v) is 7.36. The number of nitrogens with one attached hydrogen (secondary N) is 1. The largest absolute Gasteiger partial charge is 0.312 e. The van der Waals surface area contributed by atoms with E-state index in [0.717, 1.165) is 12.3 Å². The molecule has 1 fully saturated rings. The van der Waals surface area contributed by atoms with E-state index in [1.165, 1.54) is 4.90 Å². The van der Waals surface area contributed by atoms with Crippen LogP contribution >= 0.6 is 11.8 Å². The van der Waals surface area contributed by atoms with Crippen molar-refractivity contribution in [1.29, 1.82) is 0 Å². The molecule has 1 aliphatic rings. The Hall–Kier alpha value is -0.470. The second kappa shape index (κ2) is 4.66. The molecule has 0 atom stereocenters. The lowest BCUT2D eigenvalue weighted by Gasteiger charge is -2.06. The zero-order chi connectivity index (χ0) is 12.5. The van der Waals surface area contributed by atoms with E-state index in [-0.39, 0.29) is 0 Å². The summed E-state index contributed by atoms with van der Waals surface area (Å²) in [5, 5.41) is 3.69. The predicted octanol–water partition coefficient (Wildman–Crippen LogP) is 3.80. The van der Waals surface area contributed by atoms with Crippen molar-refractivity contribution in [2.24, 2.45) is 10.8 Å². The third-order valence-corrected chi connectivity index (χ3v) is 5.50. The minimum Gasteiger partial charge on any atom is -0.312 e. The molecule has 2 rings (SSSR count). The molecule has 17 heavy (non-hydrogen) atoms. The van der Waals surface area contributed by atoms with Crippen LogP contribution in [0.4, 0.5) is 0 Å². The Morgan fingerprint density at radius 3 is 2.18 bits per heavy atom. The van der Waals surface area contributed by atoms with Crippen molar-refractivity contribution < 1.29 is 0 Å². The standard InChI is InChI=1S/C15H23NS/c1-14(2)13(15(14,3)4)16-10-11-17-12-8-6-5-7-9-12/h5-9,13,16H,10-11H2,1-4H3. The van der Waals surface area contributed by atoms with Gasteiger partial charge in [0.25, 0.3) is 0 Å². The molecule has 0 radical (unpaired) electrons. The van der Waals surface area contributed by atoms with Crippen LogP contribution in [-0.2, 0) is 0 Å². The second-order valence-electron chi connectivity index (χ2n) is 5.99. The van der Waals surface area contributed by atoms with Crippen LogP contribution < -0.4 is 5.32 Å². The van der Waals surface area contributed by atoms with Crippen molar-refractivity contribution in [3.63, 3.8) is 0 Å². The normalized spacial score (nSPS) is 21.4. The lowest BCUT2D eigenvalue weighted by Crippen LogP contribution is -2.24. The maximum Gasteiger partial charge on any atom is 0.0181 e. The third-order valence-electron chi connectivity index (χ3n) is 4.48. The van der Waals surface area contributed by atoms with Gasteiger partial charge in [-0.3, -0.25) is 0 Å². The SMILES string of the molecule is CC1(C)C(NCCSc2ccccc2)C1(C)C. The molecule has 0 heterocycles. The Morgan fingerprint density at radius 1 is 1.06 bits per heavy atom. The highest BCUT2D eigenvalue weighted by atomic mass is 32.2. The second-order valence-corrected chi connectivity index (χ2v) is 7.16. The van der Waals surface area contributed by atoms with Gasteiger partial charge in [0.1, 0.15) is 0 Å². The van der Waals surface area contributed by atoms with E-state index in [9.17, 15) is 0 Å². The van der Waals surface area contributed by atoms with Crippen LogP contribution in [0.5, 0.6) is 0 Å². The van der Waals surface area contributed by atoms with Gasteiger partial charge in [0.2, 0.25) is 0 Å². The summed E-state index contributed by atoms with van der Waals surface area (Å²) in [6.45, 7) is 10.5. The zero-order valence-corrected chi connectivity index (χ0v) is 12.1. The van der Waals surface area contributed by atoms with Crippen molar-refractivity contribution in [1.82, 2.24) is 5.32 Å². The highest BCUT2D eigenvalue weighted by Gasteiger charge is 2.64. The number of hydrogen-bond acceptors (Lipinski definition) is 2. The summed E-state index contributed by atoms with van der Waals surface area (Å²) in [4.78, 5) is 1.36. The number of benzene rings is 1. The zero-order valence-electron chi connectivity index (χ0n) is 11.3. The van der Waals surface area contributed by atoms with Crippen LogP contribution in [-0.4, -0.2) is 18.3 Å². The molecule has 0 amide bonds. The van der Waals surface area contributed by atoms with Gasteiger partial charge in [-0.15, -0.1) is 11.8 Å². The summed E-state index contributed by atoms with van der Waals surface area (Å²) in [7, 11) is 0. The quantitative estimate of drug-likeness (QED) is 0.629. The molecule has 1 saturated carbocycles. The van der Waals surface area contributed by atoms with Crippen LogP contribution in [0.15, 0.2) is 35.2 Å². The Morgan fingerprint density at radius 2 is 1.65 bits per heavy atom. The van der Waals surface area contributed by atoms with Gasteiger partial charge in [-0.2, -0.15) is 0 Å². The summed E-state index contributed by atoms with van der Waals surface area (Å²) in [5.41, 5.74) is 0.898. The Bertz CT molecular complexity index is 356. The van der Waals surface area contributed by atoms with E-state index in [1.807, 2.05) is 11.8 Å². The minimum atomic E-state index is 0.449. The van der Waals surface area contributed by atoms with E-state index in [1.54, 1.807) is 0 Å². The smallest absolute Gasteiger partial charge is 0.0181 e. The van der Waals surface area contributed by atoms with E-state index in [4.69, 9.17) is 0 Å². The van der Waals surface area contributed by atoms with Crippen LogP contribution in [0.2, 0.25) is 0 Å². The monoisotopic (exact) mass is 249 g/mol. The van der Waals surface area contributed by atoms with Crippen molar-refractivity contribution in [3.05, 3.63) is 30.3 Å². The Kier molecular flexibility index (Phi) is 3.55. The molecule has 0 saturated heterocycles. The maximum absolute atomic E-state index is 3.69. The minimum absolute atomic E-state index is 0.449. The van der Waals surface area contributed by atoms with E-state index < -0.39 is 0 Å². The van der Waals surface area contributed by atoms with Crippen LogP contribution in [0, 0.1) is 10.8 Å². The van der Waals surface area contributed by atoms with Crippen molar-refractivity contribution in [2.45, 2.75) is 38.6 Å². The molecule has 0 bridgehead atoms. The molecule has 1 nitrogen and oxygen atoms in total. The van der Waals surface area contributed by atoms with Gasteiger partial charge in [-0.25, -0.2) is 0 Å². The first-order chi connectivity index (χ1) is 7.96. The number of thioether (sulfide) groups is 1. The van der Waals surface area contributed by atoms with Gasteiger partial charge in [0.05, 0.1) is 0 Å². The summed E-state index contributed by atoms with van der Waals surface area (Å²) in [5.74, 6) is 1.15. The molecule has 94 valence electrons. The Balaban J connectivity index is 1.69. The topological polar surface area (TPSA) is 12.0 Å². The summed E-state index contributed by atoms with van der Waals surface area (Å²) < 4.78 is 0. The molecule has 1 aromatic rings. The van der Waals surface area contributed by atoms with E-state index >= 15 is 0 Å². The summed E-state index contributed by atoms with van der Waals surface area (Å²) >= 11 is 1.93. The van der Waals surface area contributed by atoms with Crippen LogP contribution in [0.25, 0.3) is 0 Å². The molecule has 0 aromatic heterocycles. The highest BCUT2D eigenvalue weighted by molar-refractivity contribution is 7.99. The number of rotatable bonds is 5. The number of hydrogen-bond donors (Lipinski definition) is 1. The first kappa shape index (κ1) is 13.0. The third kappa shape index (κ3) is 2.53. The Labute approximate surface area is 109 Å². The first-order valence-electron chi connectivity index (χ1n) is 6.37. The fourth-order valence-electron chi connectivity index (χ4n) is 2.60. The predicted molar refractivity (Wildman–Crippen MR) is 76.5 cm³/mol. The molecule has 0 spiro atoms. The lowest BCUT2D eigenvalue weighted by atomic mass is 10.0. The van der Waals surface area contributed by atoms with Crippen molar-refractivity contribution in [2.75, 3.05) is 12.3 Å².